The molecule has 0 spiro atoms. The third-order valence-electron chi connectivity index (χ3n) is 1.65. The molecule has 1 amide bonds. The molecule has 0 radical (unpaired) electrons. The predicted octanol–water partition coefficient (Wildman–Crippen LogP) is 1.55. The standard InChI is InChI=1S/C9H7BrN2O/c10-4-7-2-1-6(5-11)3-8(7)9(12)13/h1-3H,4H2,(H2,12,13). The molecule has 1 aromatic rings. The molecule has 3 nitrogen and oxygen atoms in total. The van der Waals surface area contributed by atoms with Gasteiger partial charge in [-0.25, -0.2) is 0 Å². The van der Waals surface area contributed by atoms with Crippen molar-refractivity contribution in [3.8, 4) is 6.07 Å². The molecule has 0 atom stereocenters. The molecule has 0 fully saturated rings. The van der Waals surface area contributed by atoms with Gasteiger partial charge in [0.05, 0.1) is 11.6 Å². The lowest BCUT2D eigenvalue weighted by atomic mass is 10.1. The molecule has 0 aromatic heterocycles. The van der Waals surface area contributed by atoms with Gasteiger partial charge in [-0.1, -0.05) is 22.0 Å². The predicted molar refractivity (Wildman–Crippen MR) is 52.3 cm³/mol. The Kier molecular flexibility index (Phi) is 3.04. The van der Waals surface area contributed by atoms with Crippen LogP contribution in [0.2, 0.25) is 0 Å². The second-order valence-electron chi connectivity index (χ2n) is 2.48. The lowest BCUT2D eigenvalue weighted by Crippen LogP contribution is -2.13. The van der Waals surface area contributed by atoms with E-state index in [-0.39, 0.29) is 0 Å². The molecule has 0 bridgehead atoms. The van der Waals surface area contributed by atoms with Crippen molar-refractivity contribution in [2.75, 3.05) is 0 Å². The monoisotopic (exact) mass is 238 g/mol. The fourth-order valence-electron chi connectivity index (χ4n) is 0.992. The van der Waals surface area contributed by atoms with Crippen LogP contribution in [-0.2, 0) is 5.33 Å². The Labute approximate surface area is 84.3 Å². The van der Waals surface area contributed by atoms with E-state index in [4.69, 9.17) is 11.0 Å². The molecule has 13 heavy (non-hydrogen) atoms. The smallest absolute Gasteiger partial charge is 0.249 e. The number of benzene rings is 1. The Morgan fingerprint density at radius 1 is 1.62 bits per heavy atom. The van der Waals surface area contributed by atoms with E-state index in [1.165, 1.54) is 6.07 Å². The summed E-state index contributed by atoms with van der Waals surface area (Å²) in [5.41, 5.74) is 6.78. The number of nitrogens with zero attached hydrogens (tertiary/aromatic N) is 1. The van der Waals surface area contributed by atoms with Crippen molar-refractivity contribution >= 4 is 21.8 Å². The summed E-state index contributed by atoms with van der Waals surface area (Å²) in [4.78, 5) is 10.9. The van der Waals surface area contributed by atoms with Crippen molar-refractivity contribution in [3.63, 3.8) is 0 Å². The van der Waals surface area contributed by atoms with Crippen LogP contribution < -0.4 is 5.73 Å². The number of hydrogen-bond acceptors (Lipinski definition) is 2. The van der Waals surface area contributed by atoms with Gasteiger partial charge >= 0.3 is 0 Å². The first-order chi connectivity index (χ1) is 6.19. The number of primary amides is 1. The lowest BCUT2D eigenvalue weighted by molar-refractivity contribution is 0.0999. The number of nitrogens with two attached hydrogens (primary N) is 1. The van der Waals surface area contributed by atoms with Crippen molar-refractivity contribution in [2.24, 2.45) is 5.73 Å². The van der Waals surface area contributed by atoms with Crippen molar-refractivity contribution < 1.29 is 4.79 Å². The topological polar surface area (TPSA) is 66.9 Å². The zero-order valence-electron chi connectivity index (χ0n) is 6.75. The quantitative estimate of drug-likeness (QED) is 0.795. The van der Waals surface area contributed by atoms with Gasteiger partial charge in [0, 0.05) is 10.9 Å². The maximum Gasteiger partial charge on any atom is 0.249 e. The molecule has 0 aliphatic carbocycles. The number of carbonyl (C=O) groups excluding carboxylic acids is 1. The molecule has 2 N–H and O–H groups in total. The molecule has 0 aliphatic heterocycles. The third-order valence-corrected chi connectivity index (χ3v) is 2.25. The minimum absolute atomic E-state index is 0.399. The Balaban J connectivity index is 3.28. The lowest BCUT2D eigenvalue weighted by Gasteiger charge is -2.02. The van der Waals surface area contributed by atoms with Crippen LogP contribution in [0.25, 0.3) is 0 Å². The molecule has 4 heteroatoms. The van der Waals surface area contributed by atoms with Crippen LogP contribution >= 0.6 is 15.9 Å². The highest BCUT2D eigenvalue weighted by atomic mass is 79.9. The van der Waals surface area contributed by atoms with Gasteiger partial charge < -0.3 is 5.73 Å². The van der Waals surface area contributed by atoms with Gasteiger partial charge in [0.1, 0.15) is 0 Å². The number of carbonyl (C=O) groups is 1. The zero-order chi connectivity index (χ0) is 9.84. The average Bonchev–Trinajstić information content (AvgIpc) is 2.16. The summed E-state index contributed by atoms with van der Waals surface area (Å²) >= 11 is 3.23. The first kappa shape index (κ1) is 9.75. The van der Waals surface area contributed by atoms with E-state index in [1.54, 1.807) is 12.1 Å². The molecule has 1 rings (SSSR count). The van der Waals surface area contributed by atoms with Crippen molar-refractivity contribution in [2.45, 2.75) is 5.33 Å². The maximum atomic E-state index is 10.9. The summed E-state index contributed by atoms with van der Waals surface area (Å²) in [6.07, 6.45) is 0. The summed E-state index contributed by atoms with van der Waals surface area (Å²) in [5.74, 6) is -0.508. The maximum absolute atomic E-state index is 10.9. The van der Waals surface area contributed by atoms with Crippen LogP contribution in [0.15, 0.2) is 18.2 Å². The van der Waals surface area contributed by atoms with Crippen LogP contribution in [0.4, 0.5) is 0 Å². The molecule has 0 aliphatic rings. The van der Waals surface area contributed by atoms with Gasteiger partial charge in [0.25, 0.3) is 0 Å². The summed E-state index contributed by atoms with van der Waals surface area (Å²) in [6, 6.07) is 6.82. The van der Waals surface area contributed by atoms with E-state index in [2.05, 4.69) is 15.9 Å². The van der Waals surface area contributed by atoms with Crippen LogP contribution in [0, 0.1) is 11.3 Å². The highest BCUT2D eigenvalue weighted by Gasteiger charge is 2.07. The second-order valence-corrected chi connectivity index (χ2v) is 3.04. The number of rotatable bonds is 2. The molecular weight excluding hydrogens is 232 g/mol. The fraction of sp³-hybridized carbons (Fsp3) is 0.111. The minimum atomic E-state index is -0.508. The highest BCUT2D eigenvalue weighted by Crippen LogP contribution is 2.14. The van der Waals surface area contributed by atoms with Gasteiger partial charge in [-0.05, 0) is 17.7 Å². The zero-order valence-corrected chi connectivity index (χ0v) is 8.34. The number of hydrogen-bond donors (Lipinski definition) is 1. The van der Waals surface area contributed by atoms with Crippen LogP contribution in [-0.4, -0.2) is 5.91 Å². The Hall–Kier alpha value is -1.34. The van der Waals surface area contributed by atoms with E-state index in [1.807, 2.05) is 6.07 Å². The molecule has 1 aromatic carbocycles. The van der Waals surface area contributed by atoms with Gasteiger partial charge in [-0.3, -0.25) is 4.79 Å². The van der Waals surface area contributed by atoms with E-state index >= 15 is 0 Å². The fourth-order valence-corrected chi connectivity index (χ4v) is 1.48. The normalized spacial score (nSPS) is 9.23. The van der Waals surface area contributed by atoms with E-state index in [0.717, 1.165) is 5.56 Å². The highest BCUT2D eigenvalue weighted by molar-refractivity contribution is 9.08. The van der Waals surface area contributed by atoms with Crippen molar-refractivity contribution in [1.82, 2.24) is 0 Å². The Bertz CT molecular complexity index is 382. The third kappa shape index (κ3) is 2.07. The summed E-state index contributed by atoms with van der Waals surface area (Å²) in [6.45, 7) is 0. The van der Waals surface area contributed by atoms with E-state index in [0.29, 0.717) is 16.5 Å². The van der Waals surface area contributed by atoms with Gasteiger partial charge in [-0.2, -0.15) is 5.26 Å². The minimum Gasteiger partial charge on any atom is -0.366 e. The number of nitriles is 1. The Morgan fingerprint density at radius 2 is 2.31 bits per heavy atom. The first-order valence-electron chi connectivity index (χ1n) is 3.58. The molecular formula is C9H7BrN2O. The molecule has 0 saturated heterocycles. The van der Waals surface area contributed by atoms with Gasteiger partial charge in [-0.15, -0.1) is 0 Å². The summed E-state index contributed by atoms with van der Waals surface area (Å²) in [5, 5.41) is 9.15. The summed E-state index contributed by atoms with van der Waals surface area (Å²) in [7, 11) is 0. The van der Waals surface area contributed by atoms with Crippen LogP contribution in [0.1, 0.15) is 21.5 Å². The van der Waals surface area contributed by atoms with Crippen LogP contribution in [0.5, 0.6) is 0 Å². The first-order valence-corrected chi connectivity index (χ1v) is 4.70. The molecule has 0 saturated carbocycles. The van der Waals surface area contributed by atoms with E-state index < -0.39 is 5.91 Å². The number of alkyl halides is 1. The number of amides is 1. The van der Waals surface area contributed by atoms with Crippen LogP contribution in [0.3, 0.4) is 0 Å². The number of halogens is 1. The average molecular weight is 239 g/mol. The molecule has 66 valence electrons. The second kappa shape index (κ2) is 4.06. The molecule has 0 heterocycles. The Morgan fingerprint density at radius 3 is 2.77 bits per heavy atom. The largest absolute Gasteiger partial charge is 0.366 e. The van der Waals surface area contributed by atoms with Crippen molar-refractivity contribution in [1.29, 1.82) is 5.26 Å². The molecule has 0 unspecified atom stereocenters. The SMILES string of the molecule is N#Cc1ccc(CBr)c(C(N)=O)c1. The van der Waals surface area contributed by atoms with Crippen molar-refractivity contribution in [3.05, 3.63) is 34.9 Å². The van der Waals surface area contributed by atoms with E-state index in [9.17, 15) is 4.79 Å². The van der Waals surface area contributed by atoms with Gasteiger partial charge in [0.15, 0.2) is 0 Å². The summed E-state index contributed by atoms with van der Waals surface area (Å²) < 4.78 is 0. The van der Waals surface area contributed by atoms with Gasteiger partial charge in [0.2, 0.25) is 5.91 Å².